The highest BCUT2D eigenvalue weighted by molar-refractivity contribution is 14.0. The molecule has 3 rings (SSSR count). The number of ether oxygens (including phenoxy) is 2. The first-order valence-electron chi connectivity index (χ1n) is 9.94. The standard InChI is InChI=1S/C21H29N5O3.HI/c1-4-22-21(25-12-9-16(10-13-25)20(27)29-3)23-15-17-11-14-26(24-17)18-5-7-19(28-2)8-6-18;/h5-8,11,14,16H,4,9-10,12-13,15H2,1-3H3,(H,22,23);1H. The first-order valence-corrected chi connectivity index (χ1v) is 9.94. The molecule has 1 aliphatic rings. The van der Waals surface area contributed by atoms with Gasteiger partial charge in [-0.25, -0.2) is 9.67 Å². The summed E-state index contributed by atoms with van der Waals surface area (Å²) in [7, 11) is 3.10. The van der Waals surface area contributed by atoms with Crippen LogP contribution in [0.3, 0.4) is 0 Å². The van der Waals surface area contributed by atoms with E-state index in [1.165, 1.54) is 7.11 Å². The fourth-order valence-electron chi connectivity index (χ4n) is 3.40. The predicted octanol–water partition coefficient (Wildman–Crippen LogP) is 2.85. The number of piperidine rings is 1. The molecule has 0 unspecified atom stereocenters. The Labute approximate surface area is 194 Å². The number of aromatic nitrogens is 2. The normalized spacial score (nSPS) is 14.8. The maximum atomic E-state index is 11.7. The minimum atomic E-state index is -0.115. The van der Waals surface area contributed by atoms with Gasteiger partial charge in [-0.05, 0) is 50.1 Å². The smallest absolute Gasteiger partial charge is 0.308 e. The lowest BCUT2D eigenvalue weighted by Gasteiger charge is -2.33. The summed E-state index contributed by atoms with van der Waals surface area (Å²) in [5.74, 6) is 1.54. The summed E-state index contributed by atoms with van der Waals surface area (Å²) in [5.41, 5.74) is 1.86. The van der Waals surface area contributed by atoms with Gasteiger partial charge in [-0.1, -0.05) is 0 Å². The number of nitrogens with one attached hydrogen (secondary N) is 1. The van der Waals surface area contributed by atoms with Gasteiger partial charge in [0.1, 0.15) is 5.75 Å². The third-order valence-corrected chi connectivity index (χ3v) is 5.04. The predicted molar refractivity (Wildman–Crippen MR) is 127 cm³/mol. The summed E-state index contributed by atoms with van der Waals surface area (Å²) in [5, 5.41) is 7.96. The van der Waals surface area contributed by atoms with Crippen LogP contribution < -0.4 is 10.1 Å². The monoisotopic (exact) mass is 527 g/mol. The van der Waals surface area contributed by atoms with Gasteiger partial charge in [0.05, 0.1) is 38.1 Å². The number of carbonyl (C=O) groups is 1. The molecule has 0 spiro atoms. The largest absolute Gasteiger partial charge is 0.497 e. The van der Waals surface area contributed by atoms with Crippen molar-refractivity contribution in [1.29, 1.82) is 0 Å². The zero-order valence-electron chi connectivity index (χ0n) is 17.7. The number of rotatable bonds is 6. The average Bonchev–Trinajstić information content (AvgIpc) is 3.25. The Bertz CT molecular complexity index is 829. The van der Waals surface area contributed by atoms with E-state index in [9.17, 15) is 4.79 Å². The molecule has 2 heterocycles. The molecular weight excluding hydrogens is 497 g/mol. The van der Waals surface area contributed by atoms with Crippen molar-refractivity contribution in [2.24, 2.45) is 10.9 Å². The number of aliphatic imine (C=N–C) groups is 1. The summed E-state index contributed by atoms with van der Waals surface area (Å²) in [4.78, 5) is 18.7. The second kappa shape index (κ2) is 11.8. The van der Waals surface area contributed by atoms with Crippen LogP contribution in [0.2, 0.25) is 0 Å². The molecule has 164 valence electrons. The highest BCUT2D eigenvalue weighted by Gasteiger charge is 2.26. The number of nitrogens with zero attached hydrogens (tertiary/aromatic N) is 4. The van der Waals surface area contributed by atoms with Gasteiger partial charge >= 0.3 is 5.97 Å². The number of benzene rings is 1. The van der Waals surface area contributed by atoms with Crippen LogP contribution in [0.4, 0.5) is 0 Å². The molecule has 30 heavy (non-hydrogen) atoms. The van der Waals surface area contributed by atoms with Gasteiger partial charge in [0.15, 0.2) is 5.96 Å². The van der Waals surface area contributed by atoms with E-state index in [0.717, 1.165) is 55.6 Å². The molecule has 1 aromatic carbocycles. The topological polar surface area (TPSA) is 81.0 Å². The Balaban J connectivity index is 0.00000320. The molecule has 0 aliphatic carbocycles. The second-order valence-electron chi connectivity index (χ2n) is 6.90. The SMILES string of the molecule is CCNC(=NCc1ccn(-c2ccc(OC)cc2)n1)N1CCC(C(=O)OC)CC1.I. The first-order chi connectivity index (χ1) is 14.1. The van der Waals surface area contributed by atoms with E-state index in [4.69, 9.17) is 14.5 Å². The van der Waals surface area contributed by atoms with E-state index in [1.54, 1.807) is 7.11 Å². The van der Waals surface area contributed by atoms with Crippen LogP contribution in [0.1, 0.15) is 25.5 Å². The Hall–Kier alpha value is -2.30. The quantitative estimate of drug-likeness (QED) is 0.270. The van der Waals surface area contributed by atoms with Gasteiger partial charge in [0.25, 0.3) is 0 Å². The molecule has 0 atom stereocenters. The number of likely N-dealkylation sites (tertiary alicyclic amines) is 1. The molecule has 1 aliphatic heterocycles. The number of hydrogen-bond acceptors (Lipinski definition) is 5. The van der Waals surface area contributed by atoms with Crippen LogP contribution in [-0.4, -0.2) is 60.5 Å². The van der Waals surface area contributed by atoms with E-state index in [2.05, 4.69) is 22.2 Å². The third kappa shape index (κ3) is 6.10. The van der Waals surface area contributed by atoms with Crippen LogP contribution >= 0.6 is 24.0 Å². The second-order valence-corrected chi connectivity index (χ2v) is 6.90. The lowest BCUT2D eigenvalue weighted by molar-refractivity contribution is -0.146. The lowest BCUT2D eigenvalue weighted by atomic mass is 9.97. The number of methoxy groups -OCH3 is 2. The zero-order valence-corrected chi connectivity index (χ0v) is 20.0. The number of esters is 1. The Morgan fingerprint density at radius 1 is 1.20 bits per heavy atom. The molecule has 0 bridgehead atoms. The first kappa shape index (κ1) is 24.0. The van der Waals surface area contributed by atoms with Crippen molar-refractivity contribution in [1.82, 2.24) is 20.0 Å². The van der Waals surface area contributed by atoms with Crippen molar-refractivity contribution in [2.75, 3.05) is 33.9 Å². The maximum absolute atomic E-state index is 11.7. The maximum Gasteiger partial charge on any atom is 0.308 e. The molecule has 1 fully saturated rings. The fraction of sp³-hybridized carbons (Fsp3) is 0.476. The van der Waals surface area contributed by atoms with Crippen molar-refractivity contribution in [3.8, 4) is 11.4 Å². The van der Waals surface area contributed by atoms with Gasteiger partial charge < -0.3 is 19.7 Å². The highest BCUT2D eigenvalue weighted by Crippen LogP contribution is 2.19. The van der Waals surface area contributed by atoms with Gasteiger partial charge in [-0.15, -0.1) is 24.0 Å². The molecule has 0 radical (unpaired) electrons. The summed E-state index contributed by atoms with van der Waals surface area (Å²) < 4.78 is 11.9. The molecule has 2 aromatic rings. The van der Waals surface area contributed by atoms with Crippen LogP contribution in [0.25, 0.3) is 5.69 Å². The van der Waals surface area contributed by atoms with E-state index in [1.807, 2.05) is 41.2 Å². The third-order valence-electron chi connectivity index (χ3n) is 5.04. The molecule has 1 saturated heterocycles. The number of carbonyl (C=O) groups excluding carboxylic acids is 1. The number of halogens is 1. The summed E-state index contributed by atoms with van der Waals surface area (Å²) in [6.07, 6.45) is 3.49. The van der Waals surface area contributed by atoms with Crippen LogP contribution in [-0.2, 0) is 16.1 Å². The fourth-order valence-corrected chi connectivity index (χ4v) is 3.40. The van der Waals surface area contributed by atoms with Crippen molar-refractivity contribution in [3.05, 3.63) is 42.2 Å². The number of guanidine groups is 1. The van der Waals surface area contributed by atoms with Crippen molar-refractivity contribution >= 4 is 35.9 Å². The summed E-state index contributed by atoms with van der Waals surface area (Å²) in [6, 6.07) is 9.73. The van der Waals surface area contributed by atoms with Crippen molar-refractivity contribution < 1.29 is 14.3 Å². The van der Waals surface area contributed by atoms with Crippen molar-refractivity contribution in [2.45, 2.75) is 26.3 Å². The summed E-state index contributed by atoms with van der Waals surface area (Å²) >= 11 is 0. The van der Waals surface area contributed by atoms with E-state index in [0.29, 0.717) is 6.54 Å². The molecule has 1 N–H and O–H groups in total. The molecule has 0 amide bonds. The minimum Gasteiger partial charge on any atom is -0.497 e. The van der Waals surface area contributed by atoms with E-state index >= 15 is 0 Å². The molecule has 1 aromatic heterocycles. The van der Waals surface area contributed by atoms with Crippen molar-refractivity contribution in [3.63, 3.8) is 0 Å². The van der Waals surface area contributed by atoms with E-state index in [-0.39, 0.29) is 35.9 Å². The van der Waals surface area contributed by atoms with Gasteiger partial charge in [-0.2, -0.15) is 5.10 Å². The molecular formula is C21H30IN5O3. The van der Waals surface area contributed by atoms with Crippen LogP contribution in [0.15, 0.2) is 41.5 Å². The van der Waals surface area contributed by atoms with Gasteiger partial charge in [0, 0.05) is 25.8 Å². The average molecular weight is 527 g/mol. The molecule has 0 saturated carbocycles. The van der Waals surface area contributed by atoms with Gasteiger partial charge in [-0.3, -0.25) is 4.79 Å². The van der Waals surface area contributed by atoms with Crippen LogP contribution in [0, 0.1) is 5.92 Å². The van der Waals surface area contributed by atoms with E-state index < -0.39 is 0 Å². The Morgan fingerprint density at radius 2 is 1.90 bits per heavy atom. The zero-order chi connectivity index (χ0) is 20.6. The van der Waals surface area contributed by atoms with Crippen LogP contribution in [0.5, 0.6) is 5.75 Å². The summed E-state index contributed by atoms with van der Waals surface area (Å²) in [6.45, 7) is 4.89. The number of hydrogen-bond donors (Lipinski definition) is 1. The minimum absolute atomic E-state index is 0. The van der Waals surface area contributed by atoms with Gasteiger partial charge in [0.2, 0.25) is 0 Å². The highest BCUT2D eigenvalue weighted by atomic mass is 127. The Kier molecular flexibility index (Phi) is 9.41. The molecule has 9 heteroatoms. The Morgan fingerprint density at radius 3 is 2.50 bits per heavy atom. The lowest BCUT2D eigenvalue weighted by Crippen LogP contribution is -2.46. The molecule has 8 nitrogen and oxygen atoms in total.